The number of allylic oxidation sites excluding steroid dienone is 1. The number of carbonyl (C=O) groups excluding carboxylic acids is 2. The van der Waals surface area contributed by atoms with Gasteiger partial charge in [-0.15, -0.1) is 6.58 Å². The molecule has 0 unspecified atom stereocenters. The summed E-state index contributed by atoms with van der Waals surface area (Å²) in [6, 6.07) is 9.50. The molecule has 0 aliphatic heterocycles. The Morgan fingerprint density at radius 2 is 1.69 bits per heavy atom. The van der Waals surface area contributed by atoms with Crippen LogP contribution in [0.3, 0.4) is 0 Å². The minimum absolute atomic E-state index is 0.154. The minimum atomic E-state index is -1.07. The molecule has 0 aromatic heterocycles. The van der Waals surface area contributed by atoms with E-state index in [1.54, 1.807) is 0 Å². The van der Waals surface area contributed by atoms with Gasteiger partial charge >= 0.3 is 0 Å². The van der Waals surface area contributed by atoms with Crippen LogP contribution in [0.25, 0.3) is 0 Å². The molecule has 2 heteroatoms. The largest absolute Gasteiger partial charge is 0.299 e. The highest BCUT2D eigenvalue weighted by molar-refractivity contribution is 6.07. The van der Waals surface area contributed by atoms with Gasteiger partial charge < -0.3 is 0 Å². The first-order valence-corrected chi connectivity index (χ1v) is 5.22. The van der Waals surface area contributed by atoms with E-state index in [4.69, 9.17) is 0 Å². The lowest BCUT2D eigenvalue weighted by Gasteiger charge is -2.24. The van der Waals surface area contributed by atoms with E-state index in [9.17, 15) is 9.59 Å². The monoisotopic (exact) mass is 216 g/mol. The summed E-state index contributed by atoms with van der Waals surface area (Å²) >= 11 is 0. The van der Waals surface area contributed by atoms with Gasteiger partial charge in [0.05, 0.1) is 0 Å². The van der Waals surface area contributed by atoms with Crippen molar-refractivity contribution >= 4 is 11.6 Å². The molecule has 1 aromatic carbocycles. The molecular weight excluding hydrogens is 200 g/mol. The van der Waals surface area contributed by atoms with E-state index in [-0.39, 0.29) is 11.6 Å². The molecule has 0 bridgehead atoms. The van der Waals surface area contributed by atoms with Crippen LogP contribution in [0, 0.1) is 5.41 Å². The summed E-state index contributed by atoms with van der Waals surface area (Å²) in [7, 11) is 0. The van der Waals surface area contributed by atoms with E-state index in [1.807, 2.05) is 30.3 Å². The molecule has 0 fully saturated rings. The molecule has 0 amide bonds. The van der Waals surface area contributed by atoms with Crippen molar-refractivity contribution in [3.8, 4) is 0 Å². The molecular formula is C14H16O2. The van der Waals surface area contributed by atoms with Crippen molar-refractivity contribution in [2.24, 2.45) is 5.41 Å². The summed E-state index contributed by atoms with van der Waals surface area (Å²) < 4.78 is 0. The second kappa shape index (κ2) is 4.88. The van der Waals surface area contributed by atoms with Gasteiger partial charge in [-0.2, -0.15) is 0 Å². The van der Waals surface area contributed by atoms with Crippen LogP contribution in [0.15, 0.2) is 43.0 Å². The number of ketones is 2. The van der Waals surface area contributed by atoms with Crippen LogP contribution in [-0.2, 0) is 16.0 Å². The molecule has 0 saturated heterocycles. The number of hydrogen-bond acceptors (Lipinski definition) is 2. The topological polar surface area (TPSA) is 34.1 Å². The van der Waals surface area contributed by atoms with E-state index >= 15 is 0 Å². The first kappa shape index (κ1) is 12.4. The first-order valence-electron chi connectivity index (χ1n) is 5.22. The molecule has 1 aromatic rings. The summed E-state index contributed by atoms with van der Waals surface area (Å²) in [6.07, 6.45) is 1.85. The zero-order valence-corrected chi connectivity index (χ0v) is 9.69. The Hall–Kier alpha value is -1.70. The highest BCUT2D eigenvalue weighted by Crippen LogP contribution is 2.27. The Kier molecular flexibility index (Phi) is 3.78. The van der Waals surface area contributed by atoms with Crippen LogP contribution in [0.5, 0.6) is 0 Å². The Morgan fingerprint density at radius 3 is 2.06 bits per heavy atom. The van der Waals surface area contributed by atoms with E-state index in [0.29, 0.717) is 6.42 Å². The Bertz CT molecular complexity index is 390. The Balaban J connectivity index is 3.09. The summed E-state index contributed by atoms with van der Waals surface area (Å²) in [6.45, 7) is 6.50. The maximum atomic E-state index is 11.7. The fourth-order valence-corrected chi connectivity index (χ4v) is 1.77. The fraction of sp³-hybridized carbons (Fsp3) is 0.286. The predicted molar refractivity (Wildman–Crippen MR) is 64.1 cm³/mol. The standard InChI is InChI=1S/C14H16O2/c1-4-14(11(2)15,12(3)16)10-13-8-6-5-7-9-13/h4-9H,1,10H2,2-3H3. The number of carbonyl (C=O) groups is 2. The smallest absolute Gasteiger partial charge is 0.147 e. The average molecular weight is 216 g/mol. The Morgan fingerprint density at radius 1 is 1.19 bits per heavy atom. The number of hydrogen-bond donors (Lipinski definition) is 0. The highest BCUT2D eigenvalue weighted by Gasteiger charge is 2.37. The lowest BCUT2D eigenvalue weighted by atomic mass is 9.75. The maximum absolute atomic E-state index is 11.7. The summed E-state index contributed by atoms with van der Waals surface area (Å²) in [5.74, 6) is -0.308. The van der Waals surface area contributed by atoms with Crippen molar-refractivity contribution in [3.63, 3.8) is 0 Å². The number of benzene rings is 1. The fourth-order valence-electron chi connectivity index (χ4n) is 1.77. The summed E-state index contributed by atoms with van der Waals surface area (Å²) in [4.78, 5) is 23.3. The van der Waals surface area contributed by atoms with Crippen LogP contribution < -0.4 is 0 Å². The third-order valence-corrected chi connectivity index (χ3v) is 2.93. The third kappa shape index (κ3) is 2.27. The maximum Gasteiger partial charge on any atom is 0.147 e. The van der Waals surface area contributed by atoms with Gasteiger partial charge in [-0.05, 0) is 25.8 Å². The van der Waals surface area contributed by atoms with Crippen molar-refractivity contribution in [1.82, 2.24) is 0 Å². The Labute approximate surface area is 96.0 Å². The van der Waals surface area contributed by atoms with E-state index < -0.39 is 5.41 Å². The van der Waals surface area contributed by atoms with Crippen LogP contribution in [-0.4, -0.2) is 11.6 Å². The van der Waals surface area contributed by atoms with E-state index in [0.717, 1.165) is 5.56 Å². The van der Waals surface area contributed by atoms with Crippen LogP contribution in [0.4, 0.5) is 0 Å². The zero-order chi connectivity index (χ0) is 12.2. The lowest BCUT2D eigenvalue weighted by Crippen LogP contribution is -2.36. The van der Waals surface area contributed by atoms with Gasteiger partial charge in [-0.3, -0.25) is 9.59 Å². The third-order valence-electron chi connectivity index (χ3n) is 2.93. The number of Topliss-reactive ketones (excluding diaryl/α,β-unsaturated/α-hetero) is 2. The van der Waals surface area contributed by atoms with Crippen molar-refractivity contribution in [3.05, 3.63) is 48.6 Å². The van der Waals surface area contributed by atoms with Gasteiger partial charge in [0.2, 0.25) is 0 Å². The molecule has 16 heavy (non-hydrogen) atoms. The second-order valence-electron chi connectivity index (χ2n) is 3.95. The molecule has 0 saturated carbocycles. The molecule has 0 spiro atoms. The van der Waals surface area contributed by atoms with Crippen LogP contribution in [0.2, 0.25) is 0 Å². The molecule has 0 aliphatic carbocycles. The minimum Gasteiger partial charge on any atom is -0.299 e. The molecule has 0 atom stereocenters. The van der Waals surface area contributed by atoms with Gasteiger partial charge in [-0.25, -0.2) is 0 Å². The zero-order valence-electron chi connectivity index (χ0n) is 9.69. The van der Waals surface area contributed by atoms with Crippen molar-refractivity contribution in [1.29, 1.82) is 0 Å². The predicted octanol–water partition coefficient (Wildman–Crippen LogP) is 2.58. The second-order valence-corrected chi connectivity index (χ2v) is 3.95. The average Bonchev–Trinajstić information content (AvgIpc) is 2.26. The van der Waals surface area contributed by atoms with Gasteiger partial charge in [-0.1, -0.05) is 36.4 Å². The van der Waals surface area contributed by atoms with Crippen molar-refractivity contribution in [2.75, 3.05) is 0 Å². The summed E-state index contributed by atoms with van der Waals surface area (Å²) in [5.41, 5.74) is -0.103. The normalized spacial score (nSPS) is 10.9. The molecule has 0 heterocycles. The molecule has 1 rings (SSSR count). The van der Waals surface area contributed by atoms with Crippen molar-refractivity contribution in [2.45, 2.75) is 20.3 Å². The molecule has 0 N–H and O–H groups in total. The van der Waals surface area contributed by atoms with Gasteiger partial charge in [0, 0.05) is 0 Å². The molecule has 0 aliphatic rings. The van der Waals surface area contributed by atoms with Gasteiger partial charge in [0.25, 0.3) is 0 Å². The SMILES string of the molecule is C=CC(Cc1ccccc1)(C(C)=O)C(C)=O. The summed E-state index contributed by atoms with van der Waals surface area (Å²) in [5, 5.41) is 0. The van der Waals surface area contributed by atoms with Crippen LogP contribution in [0.1, 0.15) is 19.4 Å². The first-order chi connectivity index (χ1) is 7.53. The molecule has 84 valence electrons. The van der Waals surface area contributed by atoms with Gasteiger partial charge in [0.15, 0.2) is 0 Å². The quantitative estimate of drug-likeness (QED) is 0.560. The number of rotatable bonds is 5. The highest BCUT2D eigenvalue weighted by atomic mass is 16.2. The lowest BCUT2D eigenvalue weighted by molar-refractivity contribution is -0.135. The van der Waals surface area contributed by atoms with Crippen molar-refractivity contribution < 1.29 is 9.59 Å². The van der Waals surface area contributed by atoms with Crippen LogP contribution >= 0.6 is 0 Å². The van der Waals surface area contributed by atoms with Gasteiger partial charge in [0.1, 0.15) is 17.0 Å². The molecule has 0 radical (unpaired) electrons. The van der Waals surface area contributed by atoms with E-state index in [2.05, 4.69) is 6.58 Å². The van der Waals surface area contributed by atoms with E-state index in [1.165, 1.54) is 19.9 Å². The molecule has 2 nitrogen and oxygen atoms in total.